The lowest BCUT2D eigenvalue weighted by molar-refractivity contribution is 0.664. The summed E-state index contributed by atoms with van der Waals surface area (Å²) in [5, 5.41) is 3.33. The number of nitrogens with one attached hydrogen (secondary N) is 1. The van der Waals surface area contributed by atoms with Crippen molar-refractivity contribution in [3.63, 3.8) is 0 Å². The zero-order valence-corrected chi connectivity index (χ0v) is 8.09. The zero-order chi connectivity index (χ0) is 9.14. The number of allylic oxidation sites excluding steroid dienone is 1. The predicted molar refractivity (Wildman–Crippen MR) is 52.7 cm³/mol. The summed E-state index contributed by atoms with van der Waals surface area (Å²) in [7, 11) is 0. The number of rotatable bonds is 2. The van der Waals surface area contributed by atoms with E-state index in [0.717, 1.165) is 6.54 Å². The topological polar surface area (TPSA) is 38.0 Å². The molecule has 1 atom stereocenters. The summed E-state index contributed by atoms with van der Waals surface area (Å²) < 4.78 is 0. The maximum absolute atomic E-state index is 5.79. The van der Waals surface area contributed by atoms with Crippen LogP contribution in [0.25, 0.3) is 0 Å². The summed E-state index contributed by atoms with van der Waals surface area (Å²) in [4.78, 5) is 0. The Balaban J connectivity index is 2.74. The van der Waals surface area contributed by atoms with Crippen molar-refractivity contribution in [2.24, 2.45) is 11.7 Å². The Morgan fingerprint density at radius 3 is 2.58 bits per heavy atom. The first-order valence-corrected chi connectivity index (χ1v) is 4.52. The smallest absolute Gasteiger partial charge is 0.0334 e. The molecule has 2 nitrogen and oxygen atoms in total. The summed E-state index contributed by atoms with van der Waals surface area (Å²) >= 11 is 0. The van der Waals surface area contributed by atoms with Crippen molar-refractivity contribution in [2.75, 3.05) is 6.54 Å². The Morgan fingerprint density at radius 2 is 2.08 bits per heavy atom. The van der Waals surface area contributed by atoms with E-state index in [1.807, 2.05) is 6.92 Å². The largest absolute Gasteiger partial charge is 0.385 e. The minimum atomic E-state index is 0.154. The molecule has 1 rings (SSSR count). The van der Waals surface area contributed by atoms with E-state index in [9.17, 15) is 0 Å². The quantitative estimate of drug-likeness (QED) is 0.651. The van der Waals surface area contributed by atoms with Crippen molar-refractivity contribution in [1.82, 2.24) is 5.32 Å². The SMILES string of the molecule is CC(C)C1=CC(C(C)N)=CCN1. The van der Waals surface area contributed by atoms with Gasteiger partial charge in [0.15, 0.2) is 0 Å². The maximum atomic E-state index is 5.79. The van der Waals surface area contributed by atoms with E-state index in [4.69, 9.17) is 5.73 Å². The van der Waals surface area contributed by atoms with Crippen LogP contribution in [0.15, 0.2) is 23.4 Å². The highest BCUT2D eigenvalue weighted by atomic mass is 14.9. The Hall–Kier alpha value is -0.760. The Bertz CT molecular complexity index is 212. The van der Waals surface area contributed by atoms with E-state index < -0.39 is 0 Å². The molecule has 68 valence electrons. The second-order valence-electron chi connectivity index (χ2n) is 3.63. The van der Waals surface area contributed by atoms with Gasteiger partial charge >= 0.3 is 0 Å². The van der Waals surface area contributed by atoms with Crippen LogP contribution in [-0.4, -0.2) is 12.6 Å². The van der Waals surface area contributed by atoms with Crippen LogP contribution in [0.3, 0.4) is 0 Å². The minimum absolute atomic E-state index is 0.154. The molecular formula is C10H18N2. The average molecular weight is 166 g/mol. The Kier molecular flexibility index (Phi) is 2.93. The van der Waals surface area contributed by atoms with Crippen LogP contribution >= 0.6 is 0 Å². The third-order valence-electron chi connectivity index (χ3n) is 2.11. The van der Waals surface area contributed by atoms with Crippen molar-refractivity contribution in [3.05, 3.63) is 23.4 Å². The fourth-order valence-electron chi connectivity index (χ4n) is 1.26. The van der Waals surface area contributed by atoms with Crippen LogP contribution in [0.5, 0.6) is 0 Å². The van der Waals surface area contributed by atoms with Gasteiger partial charge < -0.3 is 11.1 Å². The van der Waals surface area contributed by atoms with Crippen molar-refractivity contribution < 1.29 is 0 Å². The highest BCUT2D eigenvalue weighted by Gasteiger charge is 2.09. The molecule has 3 N–H and O–H groups in total. The van der Waals surface area contributed by atoms with Gasteiger partial charge in [0.25, 0.3) is 0 Å². The lowest BCUT2D eigenvalue weighted by Crippen LogP contribution is -2.26. The standard InChI is InChI=1S/C10H18N2/c1-7(2)10-6-9(8(3)11)4-5-12-10/h4,6-8,12H,5,11H2,1-3H3. The second kappa shape index (κ2) is 3.76. The third kappa shape index (κ3) is 2.11. The van der Waals surface area contributed by atoms with Crippen LogP contribution in [0.1, 0.15) is 20.8 Å². The molecule has 0 amide bonds. The molecule has 0 spiro atoms. The van der Waals surface area contributed by atoms with Crippen molar-refractivity contribution in [1.29, 1.82) is 0 Å². The van der Waals surface area contributed by atoms with Gasteiger partial charge in [0.05, 0.1) is 0 Å². The van der Waals surface area contributed by atoms with Gasteiger partial charge in [0.2, 0.25) is 0 Å². The molecule has 0 fully saturated rings. The summed E-state index contributed by atoms with van der Waals surface area (Å²) in [6.45, 7) is 7.30. The first-order chi connectivity index (χ1) is 5.61. The van der Waals surface area contributed by atoms with Crippen LogP contribution < -0.4 is 11.1 Å². The first kappa shape index (κ1) is 9.33. The summed E-state index contributed by atoms with van der Waals surface area (Å²) in [5.41, 5.74) is 8.33. The van der Waals surface area contributed by atoms with Crippen molar-refractivity contribution in [3.8, 4) is 0 Å². The molecule has 1 aliphatic rings. The minimum Gasteiger partial charge on any atom is -0.385 e. The van der Waals surface area contributed by atoms with E-state index >= 15 is 0 Å². The van der Waals surface area contributed by atoms with Crippen LogP contribution in [0, 0.1) is 5.92 Å². The van der Waals surface area contributed by atoms with Crippen molar-refractivity contribution in [2.45, 2.75) is 26.8 Å². The van der Waals surface area contributed by atoms with Gasteiger partial charge in [-0.15, -0.1) is 0 Å². The van der Waals surface area contributed by atoms with Gasteiger partial charge in [-0.1, -0.05) is 19.9 Å². The molecule has 0 bridgehead atoms. The maximum Gasteiger partial charge on any atom is 0.0334 e. The summed E-state index contributed by atoms with van der Waals surface area (Å²) in [5.74, 6) is 0.562. The van der Waals surface area contributed by atoms with Gasteiger partial charge in [-0.3, -0.25) is 0 Å². The molecule has 1 aliphatic heterocycles. The molecule has 0 radical (unpaired) electrons. The number of hydrogen-bond acceptors (Lipinski definition) is 2. The van der Waals surface area contributed by atoms with Crippen LogP contribution in [-0.2, 0) is 0 Å². The monoisotopic (exact) mass is 166 g/mol. The molecule has 0 saturated carbocycles. The van der Waals surface area contributed by atoms with Gasteiger partial charge in [0, 0.05) is 18.3 Å². The van der Waals surface area contributed by atoms with Crippen LogP contribution in [0.4, 0.5) is 0 Å². The van der Waals surface area contributed by atoms with Gasteiger partial charge in [-0.2, -0.15) is 0 Å². The molecule has 0 aromatic rings. The third-order valence-corrected chi connectivity index (χ3v) is 2.11. The fraction of sp³-hybridized carbons (Fsp3) is 0.600. The molecule has 0 saturated heterocycles. The van der Waals surface area contributed by atoms with E-state index in [0.29, 0.717) is 5.92 Å². The number of nitrogens with two attached hydrogens (primary N) is 1. The van der Waals surface area contributed by atoms with Crippen LogP contribution in [0.2, 0.25) is 0 Å². The van der Waals surface area contributed by atoms with Gasteiger partial charge in [0.1, 0.15) is 0 Å². The molecule has 12 heavy (non-hydrogen) atoms. The molecule has 1 heterocycles. The van der Waals surface area contributed by atoms with Gasteiger partial charge in [-0.05, 0) is 24.5 Å². The highest BCUT2D eigenvalue weighted by molar-refractivity contribution is 5.31. The Morgan fingerprint density at radius 1 is 1.42 bits per heavy atom. The Labute approximate surface area is 74.5 Å². The molecule has 2 heteroatoms. The molecule has 0 aromatic carbocycles. The van der Waals surface area contributed by atoms with Crippen molar-refractivity contribution >= 4 is 0 Å². The summed E-state index contributed by atoms with van der Waals surface area (Å²) in [6.07, 6.45) is 4.31. The highest BCUT2D eigenvalue weighted by Crippen LogP contribution is 2.14. The van der Waals surface area contributed by atoms with E-state index in [-0.39, 0.29) is 6.04 Å². The van der Waals surface area contributed by atoms with E-state index in [2.05, 4.69) is 31.3 Å². The zero-order valence-electron chi connectivity index (χ0n) is 8.09. The average Bonchev–Trinajstić information content (AvgIpc) is 2.04. The number of hydrogen-bond donors (Lipinski definition) is 2. The molecule has 1 unspecified atom stereocenters. The predicted octanol–water partition coefficient (Wildman–Crippen LogP) is 1.40. The lowest BCUT2D eigenvalue weighted by Gasteiger charge is -2.20. The van der Waals surface area contributed by atoms with E-state index in [1.165, 1.54) is 11.3 Å². The van der Waals surface area contributed by atoms with Gasteiger partial charge in [-0.25, -0.2) is 0 Å². The fourth-order valence-corrected chi connectivity index (χ4v) is 1.26. The first-order valence-electron chi connectivity index (χ1n) is 4.52. The molecule has 0 aromatic heterocycles. The van der Waals surface area contributed by atoms with E-state index in [1.54, 1.807) is 0 Å². The normalized spacial score (nSPS) is 19.8. The second-order valence-corrected chi connectivity index (χ2v) is 3.63. The molecule has 0 aliphatic carbocycles. The number of dihydropyridines is 1. The lowest BCUT2D eigenvalue weighted by atomic mass is 10.0. The summed E-state index contributed by atoms with van der Waals surface area (Å²) in [6, 6.07) is 0.154. The molecular weight excluding hydrogens is 148 g/mol.